The average Bonchev–Trinajstić information content (AvgIpc) is 3.01. The maximum absolute atomic E-state index is 11.6. The van der Waals surface area contributed by atoms with E-state index < -0.39 is 0 Å². The first-order chi connectivity index (χ1) is 15.4. The molecule has 0 bridgehead atoms. The zero-order chi connectivity index (χ0) is 23.1. The van der Waals surface area contributed by atoms with Gasteiger partial charge >= 0.3 is 0 Å². The van der Waals surface area contributed by atoms with Crippen LogP contribution in [0.5, 0.6) is 0 Å². The number of nitrogens with two attached hydrogens (primary N) is 1. The van der Waals surface area contributed by atoms with E-state index in [-0.39, 0.29) is 11.8 Å². The number of carbonyl (C=O) groups excluding carboxylic acids is 1. The highest BCUT2D eigenvalue weighted by molar-refractivity contribution is 5.79. The van der Waals surface area contributed by atoms with Crippen LogP contribution in [0.3, 0.4) is 0 Å². The predicted octanol–water partition coefficient (Wildman–Crippen LogP) is 1.99. The van der Waals surface area contributed by atoms with Crippen molar-refractivity contribution in [2.45, 2.75) is 53.2 Å². The standard InChI is InChI=1S/C24H37N7O/c1-5-26-24(28-14-22-17(2)29-30(4)18(22)3)27-13-19-8-6-9-20(12-19)15-31-11-7-10-21(16-31)23(25)32/h6,8-9,12,21H,5,7,10-11,13-16H2,1-4H3,(H2,25,32)(H2,26,27,28). The minimum Gasteiger partial charge on any atom is -0.369 e. The molecule has 3 rings (SSSR count). The molecule has 2 aromatic rings. The van der Waals surface area contributed by atoms with Gasteiger partial charge in [0.1, 0.15) is 0 Å². The van der Waals surface area contributed by atoms with E-state index in [4.69, 9.17) is 10.7 Å². The van der Waals surface area contributed by atoms with E-state index in [1.165, 1.54) is 11.1 Å². The van der Waals surface area contributed by atoms with Crippen molar-refractivity contribution < 1.29 is 4.79 Å². The van der Waals surface area contributed by atoms with E-state index in [1.54, 1.807) is 0 Å². The number of piperidine rings is 1. The number of hydrogen-bond donors (Lipinski definition) is 3. The van der Waals surface area contributed by atoms with Gasteiger partial charge in [-0.15, -0.1) is 0 Å². The molecule has 174 valence electrons. The van der Waals surface area contributed by atoms with Crippen molar-refractivity contribution in [3.05, 3.63) is 52.3 Å². The number of guanidine groups is 1. The number of rotatable bonds is 8. The fourth-order valence-electron chi connectivity index (χ4n) is 4.27. The first-order valence-electron chi connectivity index (χ1n) is 11.5. The van der Waals surface area contributed by atoms with Gasteiger partial charge in [-0.2, -0.15) is 5.10 Å². The van der Waals surface area contributed by atoms with Gasteiger partial charge in [0, 0.05) is 44.5 Å². The second-order valence-corrected chi connectivity index (χ2v) is 8.62. The molecule has 1 amide bonds. The normalized spacial score (nSPS) is 17.4. The summed E-state index contributed by atoms with van der Waals surface area (Å²) in [6.45, 7) is 10.9. The van der Waals surface area contributed by atoms with Crippen molar-refractivity contribution in [2.75, 3.05) is 19.6 Å². The second-order valence-electron chi connectivity index (χ2n) is 8.62. The Labute approximate surface area is 191 Å². The van der Waals surface area contributed by atoms with Gasteiger partial charge in [0.15, 0.2) is 5.96 Å². The lowest BCUT2D eigenvalue weighted by Gasteiger charge is -2.31. The molecule has 2 heterocycles. The molecule has 8 nitrogen and oxygen atoms in total. The number of amides is 1. The van der Waals surface area contributed by atoms with Gasteiger partial charge in [-0.05, 0) is 51.3 Å². The third-order valence-corrected chi connectivity index (χ3v) is 6.16. The van der Waals surface area contributed by atoms with E-state index in [2.05, 4.69) is 58.7 Å². The Balaban J connectivity index is 1.61. The Bertz CT molecular complexity index is 950. The van der Waals surface area contributed by atoms with Crippen LogP contribution in [0.1, 0.15) is 47.8 Å². The number of carbonyl (C=O) groups is 1. The zero-order valence-electron chi connectivity index (χ0n) is 19.8. The number of aliphatic imine (C=N–C) groups is 1. The van der Waals surface area contributed by atoms with Crippen LogP contribution in [-0.2, 0) is 31.5 Å². The number of aromatic nitrogens is 2. The summed E-state index contributed by atoms with van der Waals surface area (Å²) in [5.74, 6) is 0.580. The number of aryl methyl sites for hydroxylation is 2. The Morgan fingerprint density at radius 3 is 2.75 bits per heavy atom. The van der Waals surface area contributed by atoms with E-state index in [1.807, 2.05) is 18.7 Å². The smallest absolute Gasteiger partial charge is 0.221 e. The Hall–Kier alpha value is -2.87. The predicted molar refractivity (Wildman–Crippen MR) is 128 cm³/mol. The summed E-state index contributed by atoms with van der Waals surface area (Å²) in [5.41, 5.74) is 11.3. The number of benzene rings is 1. The summed E-state index contributed by atoms with van der Waals surface area (Å²) < 4.78 is 1.91. The molecule has 1 fully saturated rings. The number of hydrogen-bond acceptors (Lipinski definition) is 4. The van der Waals surface area contributed by atoms with Crippen molar-refractivity contribution in [1.29, 1.82) is 0 Å². The molecule has 1 aliphatic heterocycles. The highest BCUT2D eigenvalue weighted by Crippen LogP contribution is 2.19. The number of nitrogens with zero attached hydrogens (tertiary/aromatic N) is 4. The van der Waals surface area contributed by atoms with Crippen molar-refractivity contribution in [2.24, 2.45) is 23.7 Å². The average molecular weight is 440 g/mol. The summed E-state index contributed by atoms with van der Waals surface area (Å²) >= 11 is 0. The molecule has 8 heteroatoms. The van der Waals surface area contributed by atoms with Crippen LogP contribution in [0.4, 0.5) is 0 Å². The molecule has 0 spiro atoms. The summed E-state index contributed by atoms with van der Waals surface area (Å²) in [7, 11) is 1.97. The van der Waals surface area contributed by atoms with Gasteiger partial charge in [0.2, 0.25) is 5.91 Å². The molecular formula is C24H37N7O. The summed E-state index contributed by atoms with van der Waals surface area (Å²) in [6, 6.07) is 8.53. The Morgan fingerprint density at radius 1 is 1.28 bits per heavy atom. The minimum atomic E-state index is -0.182. The summed E-state index contributed by atoms with van der Waals surface area (Å²) in [4.78, 5) is 18.7. The number of nitrogens with one attached hydrogen (secondary N) is 2. The van der Waals surface area contributed by atoms with Crippen LogP contribution in [-0.4, -0.2) is 46.2 Å². The highest BCUT2D eigenvalue weighted by atomic mass is 16.1. The maximum Gasteiger partial charge on any atom is 0.221 e. The van der Waals surface area contributed by atoms with E-state index in [0.29, 0.717) is 13.1 Å². The molecule has 0 radical (unpaired) electrons. The molecule has 1 aliphatic rings. The van der Waals surface area contributed by atoms with Crippen molar-refractivity contribution >= 4 is 11.9 Å². The largest absolute Gasteiger partial charge is 0.369 e. The van der Waals surface area contributed by atoms with Crippen LogP contribution >= 0.6 is 0 Å². The van der Waals surface area contributed by atoms with Crippen LogP contribution in [0.25, 0.3) is 0 Å². The lowest BCUT2D eigenvalue weighted by molar-refractivity contribution is -0.123. The molecule has 1 aromatic heterocycles. The van der Waals surface area contributed by atoms with E-state index in [0.717, 1.165) is 61.9 Å². The SMILES string of the molecule is CCNC(=NCc1cccc(CN2CCCC(C(N)=O)C2)c1)NCc1c(C)nn(C)c1C. The fourth-order valence-corrected chi connectivity index (χ4v) is 4.27. The van der Waals surface area contributed by atoms with Crippen LogP contribution in [0.15, 0.2) is 29.3 Å². The third-order valence-electron chi connectivity index (χ3n) is 6.16. The Morgan fingerprint density at radius 2 is 2.06 bits per heavy atom. The minimum absolute atomic E-state index is 0.0302. The fraction of sp³-hybridized carbons (Fsp3) is 0.542. The van der Waals surface area contributed by atoms with Crippen LogP contribution < -0.4 is 16.4 Å². The van der Waals surface area contributed by atoms with Gasteiger partial charge in [-0.3, -0.25) is 14.4 Å². The third kappa shape index (κ3) is 6.32. The van der Waals surface area contributed by atoms with Crippen molar-refractivity contribution in [1.82, 2.24) is 25.3 Å². The Kier molecular flexibility index (Phi) is 8.27. The van der Waals surface area contributed by atoms with Gasteiger partial charge in [-0.1, -0.05) is 24.3 Å². The molecule has 0 aliphatic carbocycles. The topological polar surface area (TPSA) is 101 Å². The maximum atomic E-state index is 11.6. The number of likely N-dealkylation sites (tertiary alicyclic amines) is 1. The zero-order valence-corrected chi connectivity index (χ0v) is 19.8. The van der Waals surface area contributed by atoms with E-state index in [9.17, 15) is 4.79 Å². The van der Waals surface area contributed by atoms with Gasteiger partial charge in [0.05, 0.1) is 18.2 Å². The lowest BCUT2D eigenvalue weighted by atomic mass is 9.97. The molecule has 0 saturated carbocycles. The molecule has 32 heavy (non-hydrogen) atoms. The number of primary amides is 1. The molecular weight excluding hydrogens is 402 g/mol. The van der Waals surface area contributed by atoms with E-state index >= 15 is 0 Å². The monoisotopic (exact) mass is 439 g/mol. The van der Waals surface area contributed by atoms with Crippen LogP contribution in [0, 0.1) is 19.8 Å². The molecule has 1 unspecified atom stereocenters. The molecule has 1 atom stereocenters. The summed E-state index contributed by atoms with van der Waals surface area (Å²) in [6.07, 6.45) is 1.92. The second kappa shape index (κ2) is 11.1. The van der Waals surface area contributed by atoms with Gasteiger partial charge < -0.3 is 16.4 Å². The van der Waals surface area contributed by atoms with Crippen molar-refractivity contribution in [3.8, 4) is 0 Å². The molecule has 1 aromatic carbocycles. The lowest BCUT2D eigenvalue weighted by Crippen LogP contribution is -2.40. The summed E-state index contributed by atoms with van der Waals surface area (Å²) in [5, 5.41) is 11.2. The van der Waals surface area contributed by atoms with Crippen LogP contribution in [0.2, 0.25) is 0 Å². The van der Waals surface area contributed by atoms with Gasteiger partial charge in [-0.25, -0.2) is 4.99 Å². The molecule has 1 saturated heterocycles. The van der Waals surface area contributed by atoms with Crippen molar-refractivity contribution in [3.63, 3.8) is 0 Å². The first kappa shape index (κ1) is 23.8. The highest BCUT2D eigenvalue weighted by Gasteiger charge is 2.23. The quantitative estimate of drug-likeness (QED) is 0.431. The molecule has 4 N–H and O–H groups in total. The van der Waals surface area contributed by atoms with Gasteiger partial charge in [0.25, 0.3) is 0 Å². The first-order valence-corrected chi connectivity index (χ1v) is 11.5.